The molecule has 0 N–H and O–H groups in total. The number of benzene rings is 10. The highest BCUT2D eigenvalue weighted by molar-refractivity contribution is 7.26. The van der Waals surface area contributed by atoms with Crippen molar-refractivity contribution in [2.45, 2.75) is 19.3 Å². The second-order valence-electron chi connectivity index (χ2n) is 16.0. The van der Waals surface area contributed by atoms with Gasteiger partial charge in [0.1, 0.15) is 0 Å². The minimum absolute atomic E-state index is 0.159. The van der Waals surface area contributed by atoms with E-state index >= 15 is 0 Å². The molecule has 0 spiro atoms. The van der Waals surface area contributed by atoms with Gasteiger partial charge in [-0.05, 0) is 123 Å². The van der Waals surface area contributed by atoms with Crippen LogP contribution in [0.4, 0.5) is 0 Å². The van der Waals surface area contributed by atoms with Crippen molar-refractivity contribution in [1.29, 1.82) is 0 Å². The van der Waals surface area contributed by atoms with Crippen LogP contribution in [-0.2, 0) is 5.41 Å². The van der Waals surface area contributed by atoms with Crippen molar-refractivity contribution in [1.82, 2.24) is 0 Å². The first-order chi connectivity index (χ1) is 27.5. The van der Waals surface area contributed by atoms with Crippen LogP contribution in [0.15, 0.2) is 182 Å². The van der Waals surface area contributed by atoms with E-state index in [1.807, 2.05) is 11.3 Å². The molecule has 0 saturated heterocycles. The van der Waals surface area contributed by atoms with Crippen LogP contribution in [0.25, 0.3) is 108 Å². The average molecular weight is 729 g/mol. The lowest BCUT2D eigenvalue weighted by Crippen LogP contribution is -2.16. The maximum absolute atomic E-state index is 2.52. The Hall–Kier alpha value is -6.54. The molecule has 0 fully saturated rings. The minimum atomic E-state index is -0.159. The molecule has 0 aliphatic heterocycles. The van der Waals surface area contributed by atoms with E-state index in [9.17, 15) is 0 Å². The van der Waals surface area contributed by atoms with E-state index in [4.69, 9.17) is 0 Å². The Morgan fingerprint density at radius 2 is 0.911 bits per heavy atom. The highest BCUT2D eigenvalue weighted by Gasteiger charge is 2.39. The lowest BCUT2D eigenvalue weighted by molar-refractivity contribution is 0.662. The van der Waals surface area contributed by atoms with Gasteiger partial charge in [-0.3, -0.25) is 0 Å². The summed E-state index contributed by atoms with van der Waals surface area (Å²) in [7, 11) is 0. The lowest BCUT2D eigenvalue weighted by Gasteiger charge is -2.25. The summed E-state index contributed by atoms with van der Waals surface area (Å²) in [4.78, 5) is 0. The Morgan fingerprint density at radius 1 is 0.357 bits per heavy atom. The molecular weight excluding hydrogens is 693 g/mol. The van der Waals surface area contributed by atoms with E-state index in [-0.39, 0.29) is 5.41 Å². The third kappa shape index (κ3) is 4.47. The lowest BCUT2D eigenvalue weighted by atomic mass is 9.78. The zero-order valence-corrected chi connectivity index (χ0v) is 32.0. The third-order valence-electron chi connectivity index (χ3n) is 12.6. The van der Waals surface area contributed by atoms with Gasteiger partial charge in [-0.1, -0.05) is 166 Å². The van der Waals surface area contributed by atoms with Crippen LogP contribution in [0.5, 0.6) is 0 Å². The van der Waals surface area contributed by atoms with Gasteiger partial charge in [0.2, 0.25) is 0 Å². The Kier molecular flexibility index (Phi) is 6.66. The van der Waals surface area contributed by atoms with Gasteiger partial charge in [-0.15, -0.1) is 11.3 Å². The quantitative estimate of drug-likeness (QED) is 0.159. The van der Waals surface area contributed by atoms with Crippen molar-refractivity contribution in [2.24, 2.45) is 0 Å². The van der Waals surface area contributed by atoms with Crippen molar-refractivity contribution >= 4 is 74.6 Å². The molecule has 0 radical (unpaired) electrons. The van der Waals surface area contributed by atoms with Gasteiger partial charge in [0, 0.05) is 31.2 Å². The molecule has 12 rings (SSSR count). The summed E-state index contributed by atoms with van der Waals surface area (Å²) in [5, 5.41) is 12.9. The van der Waals surface area contributed by atoms with Crippen LogP contribution in [0.3, 0.4) is 0 Å². The molecule has 0 nitrogen and oxygen atoms in total. The Labute approximate surface area is 329 Å². The van der Waals surface area contributed by atoms with Crippen molar-refractivity contribution in [2.75, 3.05) is 0 Å². The standard InChI is InChI=1S/C55H36S/c1-55(2)48-25-12-11-24-44(48)52-53(55)45(32-47-46-30-35-16-5-6-17-36(35)31-49(46)56-54(47)52)37-18-13-19-38(29-37)50-40-20-7-9-22-42(40)51(43-23-10-8-21-41(43)50)39-27-26-33-14-3-4-15-34(33)28-39/h3-32H,1-2H3. The van der Waals surface area contributed by atoms with E-state index in [2.05, 4.69) is 196 Å². The fourth-order valence-corrected chi connectivity index (χ4v) is 11.3. The van der Waals surface area contributed by atoms with Crippen molar-refractivity contribution in [3.8, 4) is 44.5 Å². The first-order valence-electron chi connectivity index (χ1n) is 19.6. The summed E-state index contributed by atoms with van der Waals surface area (Å²) in [6.07, 6.45) is 0. The molecule has 0 bridgehead atoms. The predicted molar refractivity (Wildman–Crippen MR) is 243 cm³/mol. The zero-order valence-electron chi connectivity index (χ0n) is 31.2. The average Bonchev–Trinajstić information content (AvgIpc) is 3.72. The van der Waals surface area contributed by atoms with E-state index < -0.39 is 0 Å². The third-order valence-corrected chi connectivity index (χ3v) is 13.7. The van der Waals surface area contributed by atoms with Gasteiger partial charge in [-0.25, -0.2) is 0 Å². The van der Waals surface area contributed by atoms with Gasteiger partial charge in [-0.2, -0.15) is 0 Å². The van der Waals surface area contributed by atoms with Crippen LogP contribution >= 0.6 is 11.3 Å². The summed E-state index contributed by atoms with van der Waals surface area (Å²) in [5.74, 6) is 0. The van der Waals surface area contributed by atoms with Crippen LogP contribution < -0.4 is 0 Å². The van der Waals surface area contributed by atoms with Crippen LogP contribution in [-0.4, -0.2) is 0 Å². The zero-order chi connectivity index (χ0) is 37.1. The van der Waals surface area contributed by atoms with E-state index in [0.717, 1.165) is 0 Å². The molecule has 1 heteroatoms. The van der Waals surface area contributed by atoms with Crippen LogP contribution in [0.1, 0.15) is 25.0 Å². The molecule has 262 valence electrons. The maximum atomic E-state index is 2.52. The van der Waals surface area contributed by atoms with Gasteiger partial charge < -0.3 is 0 Å². The Balaban J connectivity index is 1.14. The summed E-state index contributed by atoms with van der Waals surface area (Å²) >= 11 is 1.95. The van der Waals surface area contributed by atoms with Crippen molar-refractivity contribution in [3.63, 3.8) is 0 Å². The first-order valence-corrected chi connectivity index (χ1v) is 20.4. The number of rotatable bonds is 3. The number of fused-ring (bicyclic) bond motifs is 11. The predicted octanol–water partition coefficient (Wildman–Crippen LogP) is 16.0. The number of thiophene rings is 1. The Bertz CT molecular complexity index is 3390. The fourth-order valence-electron chi connectivity index (χ4n) is 10.0. The molecule has 1 heterocycles. The van der Waals surface area contributed by atoms with Crippen LogP contribution in [0.2, 0.25) is 0 Å². The molecular formula is C55H36S. The van der Waals surface area contributed by atoms with Crippen LogP contribution in [0, 0.1) is 0 Å². The highest BCUT2D eigenvalue weighted by Crippen LogP contribution is 2.57. The van der Waals surface area contributed by atoms with E-state index in [1.54, 1.807) is 0 Å². The maximum Gasteiger partial charge on any atom is 0.0437 e. The van der Waals surface area contributed by atoms with Gasteiger partial charge >= 0.3 is 0 Å². The molecule has 0 saturated carbocycles. The largest absolute Gasteiger partial charge is 0.134 e. The summed E-state index contributed by atoms with van der Waals surface area (Å²) in [6, 6.07) is 68.2. The number of hydrogen-bond acceptors (Lipinski definition) is 1. The Morgan fingerprint density at radius 3 is 1.61 bits per heavy atom. The molecule has 56 heavy (non-hydrogen) atoms. The van der Waals surface area contributed by atoms with Crippen molar-refractivity contribution in [3.05, 3.63) is 193 Å². The van der Waals surface area contributed by atoms with Crippen molar-refractivity contribution < 1.29 is 0 Å². The van der Waals surface area contributed by atoms with Gasteiger partial charge in [0.25, 0.3) is 0 Å². The molecule has 1 aliphatic carbocycles. The summed E-state index contributed by atoms with van der Waals surface area (Å²) in [5.41, 5.74) is 13.1. The SMILES string of the molecule is CC1(C)c2ccccc2-c2c1c(-c1cccc(-c3c4ccccc4c(-c4ccc5ccccc5c4)c4ccccc34)c1)cc1c2sc2cc3ccccc3cc21. The highest BCUT2D eigenvalue weighted by atomic mass is 32.1. The second kappa shape index (κ2) is 11.7. The smallest absolute Gasteiger partial charge is 0.0437 e. The molecule has 1 aliphatic rings. The molecule has 10 aromatic carbocycles. The van der Waals surface area contributed by atoms with E-state index in [0.29, 0.717) is 0 Å². The first kappa shape index (κ1) is 31.8. The molecule has 0 unspecified atom stereocenters. The molecule has 11 aromatic rings. The molecule has 0 amide bonds. The minimum Gasteiger partial charge on any atom is -0.134 e. The van der Waals surface area contributed by atoms with Gasteiger partial charge in [0.15, 0.2) is 0 Å². The van der Waals surface area contributed by atoms with E-state index in [1.165, 1.54) is 119 Å². The summed E-state index contributed by atoms with van der Waals surface area (Å²) < 4.78 is 2.74. The summed E-state index contributed by atoms with van der Waals surface area (Å²) in [6.45, 7) is 4.84. The fraction of sp³-hybridized carbons (Fsp3) is 0.0545. The van der Waals surface area contributed by atoms with Gasteiger partial charge in [0.05, 0.1) is 0 Å². The number of hydrogen-bond donors (Lipinski definition) is 0. The second-order valence-corrected chi connectivity index (χ2v) is 17.1. The molecule has 1 aromatic heterocycles. The normalized spacial score (nSPS) is 13.3. The topological polar surface area (TPSA) is 0 Å². The monoisotopic (exact) mass is 728 g/mol. The molecule has 0 atom stereocenters.